The first kappa shape index (κ1) is 22.7. The Kier molecular flexibility index (Phi) is 9.56. The summed E-state index contributed by atoms with van der Waals surface area (Å²) in [6.45, 7) is 1.98. The summed E-state index contributed by atoms with van der Waals surface area (Å²) in [6, 6.07) is 27.4. The molecule has 3 nitrogen and oxygen atoms in total. The maximum atomic E-state index is 5.67. The first-order valence-corrected chi connectivity index (χ1v) is 12.9. The van der Waals surface area contributed by atoms with Crippen molar-refractivity contribution in [1.82, 2.24) is 5.32 Å². The molecule has 3 aromatic carbocycles. The minimum atomic E-state index is -0.584. The van der Waals surface area contributed by atoms with E-state index in [1.807, 2.05) is 36.0 Å². The van der Waals surface area contributed by atoms with Crippen LogP contribution in [0.15, 0.2) is 78.9 Å². The molecular formula is C25H30NO2PS. The van der Waals surface area contributed by atoms with E-state index < -0.39 is 7.92 Å². The average Bonchev–Trinajstić information content (AvgIpc) is 2.81. The molecule has 0 atom stereocenters. The van der Waals surface area contributed by atoms with Gasteiger partial charge in [0.1, 0.15) is 11.5 Å². The zero-order valence-corrected chi connectivity index (χ0v) is 19.4. The quantitative estimate of drug-likeness (QED) is 0.328. The summed E-state index contributed by atoms with van der Waals surface area (Å²) in [5, 5.41) is 6.16. The third-order valence-electron chi connectivity index (χ3n) is 4.80. The van der Waals surface area contributed by atoms with Gasteiger partial charge in [-0.3, -0.25) is 0 Å². The van der Waals surface area contributed by atoms with Gasteiger partial charge in [-0.15, -0.1) is 0 Å². The van der Waals surface area contributed by atoms with Crippen molar-refractivity contribution in [2.75, 3.05) is 39.2 Å². The van der Waals surface area contributed by atoms with Crippen LogP contribution in [0.3, 0.4) is 0 Å². The second-order valence-electron chi connectivity index (χ2n) is 6.78. The van der Waals surface area contributed by atoms with Crippen molar-refractivity contribution in [2.24, 2.45) is 0 Å². The van der Waals surface area contributed by atoms with Crippen LogP contribution >= 0.6 is 19.7 Å². The standard InChI is InChI=1S/C25H30NO2PS/c1-27-22-12-6-8-14-24(22)29(25-15-9-7-13-23(25)28-2)18-16-26-17-19-30-20-21-10-4-3-5-11-21/h3-15,26H,16-20H2,1-2H3. The van der Waals surface area contributed by atoms with Crippen molar-refractivity contribution in [1.29, 1.82) is 0 Å². The Hall–Kier alpha value is -2.00. The Labute approximate surface area is 185 Å². The maximum absolute atomic E-state index is 5.67. The molecule has 0 spiro atoms. The van der Waals surface area contributed by atoms with Crippen molar-refractivity contribution < 1.29 is 9.47 Å². The van der Waals surface area contributed by atoms with Crippen LogP contribution in [0.4, 0.5) is 0 Å². The summed E-state index contributed by atoms with van der Waals surface area (Å²) >= 11 is 1.97. The molecule has 3 aromatic rings. The lowest BCUT2D eigenvalue weighted by Crippen LogP contribution is -2.25. The third kappa shape index (κ3) is 6.50. The summed E-state index contributed by atoms with van der Waals surface area (Å²) in [5.41, 5.74) is 1.39. The van der Waals surface area contributed by atoms with Gasteiger partial charge in [-0.2, -0.15) is 11.8 Å². The van der Waals surface area contributed by atoms with Crippen LogP contribution in [0.2, 0.25) is 0 Å². The number of nitrogens with one attached hydrogen (secondary N) is 1. The Morgan fingerprint density at radius 1 is 0.733 bits per heavy atom. The van der Waals surface area contributed by atoms with E-state index in [0.29, 0.717) is 0 Å². The first-order chi connectivity index (χ1) is 14.8. The molecule has 0 fully saturated rings. The average molecular weight is 440 g/mol. The molecule has 3 rings (SSSR count). The molecule has 0 aromatic heterocycles. The van der Waals surface area contributed by atoms with E-state index >= 15 is 0 Å². The van der Waals surface area contributed by atoms with Crippen molar-refractivity contribution >= 4 is 30.3 Å². The maximum Gasteiger partial charge on any atom is 0.126 e. The van der Waals surface area contributed by atoms with Crippen LogP contribution in [0, 0.1) is 0 Å². The Morgan fingerprint density at radius 2 is 1.30 bits per heavy atom. The van der Waals surface area contributed by atoms with Crippen molar-refractivity contribution in [3.63, 3.8) is 0 Å². The second-order valence-corrected chi connectivity index (χ2v) is 10.2. The summed E-state index contributed by atoms with van der Waals surface area (Å²) in [7, 11) is 2.91. The van der Waals surface area contributed by atoms with E-state index in [9.17, 15) is 0 Å². The molecule has 0 aliphatic rings. The van der Waals surface area contributed by atoms with Crippen molar-refractivity contribution in [2.45, 2.75) is 5.75 Å². The fraction of sp³-hybridized carbons (Fsp3) is 0.280. The van der Waals surface area contributed by atoms with Gasteiger partial charge in [0.2, 0.25) is 0 Å². The van der Waals surface area contributed by atoms with Crippen molar-refractivity contribution in [3.8, 4) is 11.5 Å². The van der Waals surface area contributed by atoms with Crippen LogP contribution in [-0.2, 0) is 5.75 Å². The Balaban J connectivity index is 1.58. The van der Waals surface area contributed by atoms with E-state index in [0.717, 1.165) is 42.3 Å². The van der Waals surface area contributed by atoms with Gasteiger partial charge in [-0.1, -0.05) is 66.7 Å². The molecular weight excluding hydrogens is 409 g/mol. The number of hydrogen-bond donors (Lipinski definition) is 1. The molecule has 0 aliphatic carbocycles. The van der Waals surface area contributed by atoms with Crippen LogP contribution < -0.4 is 25.4 Å². The predicted octanol–water partition coefficient (Wildman–Crippen LogP) is 4.66. The minimum Gasteiger partial charge on any atom is -0.496 e. The summed E-state index contributed by atoms with van der Waals surface area (Å²) in [4.78, 5) is 0. The minimum absolute atomic E-state index is 0.584. The number of methoxy groups -OCH3 is 2. The third-order valence-corrected chi connectivity index (χ3v) is 8.40. The molecule has 0 saturated heterocycles. The second kappa shape index (κ2) is 12.6. The highest BCUT2D eigenvalue weighted by Gasteiger charge is 2.20. The molecule has 30 heavy (non-hydrogen) atoms. The molecule has 0 amide bonds. The lowest BCUT2D eigenvalue weighted by molar-refractivity contribution is 0.417. The van der Waals surface area contributed by atoms with E-state index in [1.165, 1.54) is 16.2 Å². The van der Waals surface area contributed by atoms with E-state index in [1.54, 1.807) is 14.2 Å². The summed E-state index contributed by atoms with van der Waals surface area (Å²) in [6.07, 6.45) is 1.04. The summed E-state index contributed by atoms with van der Waals surface area (Å²) in [5.74, 6) is 4.08. The SMILES string of the molecule is COc1ccccc1P(CCNCCSCc1ccccc1)c1ccccc1OC. The predicted molar refractivity (Wildman–Crippen MR) is 133 cm³/mol. The lowest BCUT2D eigenvalue weighted by atomic mass is 10.2. The number of benzene rings is 3. The van der Waals surface area contributed by atoms with Gasteiger partial charge in [0, 0.05) is 28.7 Å². The lowest BCUT2D eigenvalue weighted by Gasteiger charge is -2.23. The van der Waals surface area contributed by atoms with Gasteiger partial charge < -0.3 is 14.8 Å². The van der Waals surface area contributed by atoms with Gasteiger partial charge in [-0.05, 0) is 38.3 Å². The van der Waals surface area contributed by atoms with E-state index in [4.69, 9.17) is 9.47 Å². The molecule has 0 unspecified atom stereocenters. The highest BCUT2D eigenvalue weighted by molar-refractivity contribution is 7.98. The molecule has 0 heterocycles. The van der Waals surface area contributed by atoms with Gasteiger partial charge in [0.05, 0.1) is 14.2 Å². The van der Waals surface area contributed by atoms with Gasteiger partial charge in [0.15, 0.2) is 0 Å². The fourth-order valence-corrected chi connectivity index (χ4v) is 6.68. The number of rotatable bonds is 12. The van der Waals surface area contributed by atoms with E-state index in [-0.39, 0.29) is 0 Å². The smallest absolute Gasteiger partial charge is 0.126 e. The number of para-hydroxylation sites is 2. The normalized spacial score (nSPS) is 10.9. The largest absolute Gasteiger partial charge is 0.496 e. The van der Waals surface area contributed by atoms with Crippen LogP contribution in [0.5, 0.6) is 11.5 Å². The van der Waals surface area contributed by atoms with Gasteiger partial charge in [-0.25, -0.2) is 0 Å². The zero-order chi connectivity index (χ0) is 21.0. The number of ether oxygens (including phenoxy) is 2. The van der Waals surface area contributed by atoms with Gasteiger partial charge in [0.25, 0.3) is 0 Å². The highest BCUT2D eigenvalue weighted by Crippen LogP contribution is 2.39. The number of thioether (sulfide) groups is 1. The molecule has 158 valence electrons. The molecule has 0 bridgehead atoms. The molecule has 1 N–H and O–H groups in total. The molecule has 0 saturated carbocycles. The van der Waals surface area contributed by atoms with Gasteiger partial charge >= 0.3 is 0 Å². The molecule has 5 heteroatoms. The monoisotopic (exact) mass is 439 g/mol. The number of hydrogen-bond acceptors (Lipinski definition) is 4. The first-order valence-electron chi connectivity index (χ1n) is 10.2. The van der Waals surface area contributed by atoms with Crippen LogP contribution in [0.1, 0.15) is 5.56 Å². The Morgan fingerprint density at radius 3 is 1.90 bits per heavy atom. The van der Waals surface area contributed by atoms with E-state index in [2.05, 4.69) is 59.9 Å². The topological polar surface area (TPSA) is 30.5 Å². The molecule has 0 radical (unpaired) electrons. The van der Waals surface area contributed by atoms with Crippen LogP contribution in [0.25, 0.3) is 0 Å². The molecule has 0 aliphatic heterocycles. The summed E-state index contributed by atoms with van der Waals surface area (Å²) < 4.78 is 11.3. The Bertz CT molecular complexity index is 844. The van der Waals surface area contributed by atoms with Crippen LogP contribution in [-0.4, -0.2) is 39.2 Å². The zero-order valence-electron chi connectivity index (χ0n) is 17.7. The highest BCUT2D eigenvalue weighted by atomic mass is 32.2. The van der Waals surface area contributed by atoms with Crippen molar-refractivity contribution in [3.05, 3.63) is 84.4 Å². The fourth-order valence-electron chi connectivity index (χ4n) is 3.30.